The zero-order valence-corrected chi connectivity index (χ0v) is 14.1. The van der Waals surface area contributed by atoms with Gasteiger partial charge in [-0.25, -0.2) is 9.78 Å². The summed E-state index contributed by atoms with van der Waals surface area (Å²) in [6.45, 7) is 0. The molecule has 0 spiro atoms. The molecule has 0 radical (unpaired) electrons. The molecule has 0 amide bonds. The number of phenolic OH excluding ortho intramolecular Hbond substituents is 1. The summed E-state index contributed by atoms with van der Waals surface area (Å²) >= 11 is 3.04. The first-order valence-corrected chi connectivity index (χ1v) is 8.92. The number of aromatic nitrogens is 1. The second-order valence-corrected chi connectivity index (χ2v) is 7.38. The van der Waals surface area contributed by atoms with Gasteiger partial charge in [0.05, 0.1) is 21.3 Å². The van der Waals surface area contributed by atoms with Gasteiger partial charge in [0.25, 0.3) is 0 Å². The summed E-state index contributed by atoms with van der Waals surface area (Å²) in [5.41, 5.74) is 0.956. The van der Waals surface area contributed by atoms with E-state index in [-0.39, 0.29) is 29.1 Å². The lowest BCUT2D eigenvalue weighted by Gasteiger charge is -2.04. The molecule has 0 aliphatic heterocycles. The van der Waals surface area contributed by atoms with Crippen LogP contribution in [-0.2, 0) is 0 Å². The number of aromatic hydroxyl groups is 1. The molecule has 0 fully saturated rings. The molecule has 0 bridgehead atoms. The zero-order valence-electron chi connectivity index (χ0n) is 12.4. The van der Waals surface area contributed by atoms with Gasteiger partial charge in [-0.05, 0) is 30.3 Å². The number of phenols is 1. The fourth-order valence-electron chi connectivity index (χ4n) is 2.17. The summed E-state index contributed by atoms with van der Waals surface area (Å²) < 4.78 is 1.98. The minimum atomic E-state index is -1.13. The van der Waals surface area contributed by atoms with Crippen molar-refractivity contribution in [2.24, 2.45) is 0 Å². The molecule has 7 heteroatoms. The van der Waals surface area contributed by atoms with E-state index in [0.29, 0.717) is 5.75 Å². The first-order valence-electron chi connectivity index (χ1n) is 7.12. The lowest BCUT2D eigenvalue weighted by Crippen LogP contribution is -2.04. The second-order valence-electron chi connectivity index (χ2n) is 5.01. The molecule has 2 N–H and O–H groups in total. The number of carboxylic acids is 1. The van der Waals surface area contributed by atoms with E-state index in [1.807, 2.05) is 24.3 Å². The monoisotopic (exact) mass is 359 g/mol. The lowest BCUT2D eigenvalue weighted by atomic mass is 10.0. The summed E-state index contributed by atoms with van der Waals surface area (Å²) in [4.78, 5) is 27.7. The molecule has 122 valence electrons. The average molecular weight is 359 g/mol. The van der Waals surface area contributed by atoms with E-state index in [1.54, 1.807) is 11.3 Å². The Morgan fingerprint density at radius 3 is 2.71 bits per heavy atom. The first kappa shape index (κ1) is 16.5. The fourth-order valence-corrected chi connectivity index (χ4v) is 4.25. The molecular formula is C17H13NO4S2. The number of thioether (sulfide) groups is 1. The van der Waals surface area contributed by atoms with Gasteiger partial charge in [-0.15, -0.1) is 11.3 Å². The van der Waals surface area contributed by atoms with Gasteiger partial charge in [-0.2, -0.15) is 0 Å². The van der Waals surface area contributed by atoms with E-state index in [0.717, 1.165) is 14.6 Å². The number of rotatable bonds is 6. The van der Waals surface area contributed by atoms with Crippen molar-refractivity contribution in [2.75, 3.05) is 5.75 Å². The van der Waals surface area contributed by atoms with Crippen LogP contribution in [0.3, 0.4) is 0 Å². The molecule has 0 aliphatic carbocycles. The number of Topliss-reactive ketones (excluding diaryl/α,β-unsaturated/α-hetero) is 1. The van der Waals surface area contributed by atoms with Crippen LogP contribution >= 0.6 is 23.1 Å². The van der Waals surface area contributed by atoms with Crippen LogP contribution < -0.4 is 0 Å². The van der Waals surface area contributed by atoms with Crippen molar-refractivity contribution in [1.29, 1.82) is 0 Å². The number of ketones is 1. The van der Waals surface area contributed by atoms with Gasteiger partial charge in [-0.3, -0.25) is 4.79 Å². The molecule has 0 aliphatic rings. The SMILES string of the molecule is O=C(O)c1ccc(O)c(C(=O)CCSc2nc3ccccc3s2)c1. The first-order chi connectivity index (χ1) is 11.5. The number of fused-ring (bicyclic) bond motifs is 1. The van der Waals surface area contributed by atoms with Crippen LogP contribution in [0, 0.1) is 0 Å². The molecule has 1 heterocycles. The summed E-state index contributed by atoms with van der Waals surface area (Å²) in [6, 6.07) is 11.5. The van der Waals surface area contributed by atoms with Crippen molar-refractivity contribution in [1.82, 2.24) is 4.98 Å². The summed E-state index contributed by atoms with van der Waals surface area (Å²) in [5, 5.41) is 18.7. The minimum absolute atomic E-state index is 0.0185. The van der Waals surface area contributed by atoms with Crippen LogP contribution in [0.1, 0.15) is 27.1 Å². The van der Waals surface area contributed by atoms with Crippen molar-refractivity contribution in [2.45, 2.75) is 10.8 Å². The molecule has 3 rings (SSSR count). The van der Waals surface area contributed by atoms with Crippen LogP contribution in [0.4, 0.5) is 0 Å². The van der Waals surface area contributed by atoms with Crippen molar-refractivity contribution in [3.8, 4) is 5.75 Å². The maximum atomic E-state index is 12.2. The molecule has 24 heavy (non-hydrogen) atoms. The van der Waals surface area contributed by atoms with E-state index in [9.17, 15) is 14.7 Å². The third-order valence-corrected chi connectivity index (χ3v) is 5.55. The molecule has 0 saturated carbocycles. The highest BCUT2D eigenvalue weighted by Crippen LogP contribution is 2.30. The van der Waals surface area contributed by atoms with Crippen LogP contribution in [-0.4, -0.2) is 32.7 Å². The van der Waals surface area contributed by atoms with Crippen molar-refractivity contribution in [3.05, 3.63) is 53.6 Å². The standard InChI is InChI=1S/C17H13NO4S2/c19-13-6-5-10(16(21)22)9-11(13)14(20)7-8-23-17-18-12-3-1-2-4-15(12)24-17/h1-6,9,19H,7-8H2,(H,21,22). The van der Waals surface area contributed by atoms with Gasteiger partial charge in [0.15, 0.2) is 10.1 Å². The summed E-state index contributed by atoms with van der Waals surface area (Å²) in [7, 11) is 0. The third kappa shape index (κ3) is 3.58. The third-order valence-electron chi connectivity index (χ3n) is 3.37. The van der Waals surface area contributed by atoms with Crippen LogP contribution in [0.5, 0.6) is 5.75 Å². The van der Waals surface area contributed by atoms with Gasteiger partial charge < -0.3 is 10.2 Å². The number of thiazole rings is 1. The molecule has 3 aromatic rings. The predicted octanol–water partition coefficient (Wildman–Crippen LogP) is 4.07. The van der Waals surface area contributed by atoms with Gasteiger partial charge in [0.1, 0.15) is 5.75 Å². The van der Waals surface area contributed by atoms with E-state index >= 15 is 0 Å². The number of benzene rings is 2. The average Bonchev–Trinajstić information content (AvgIpc) is 2.97. The van der Waals surface area contributed by atoms with E-state index in [2.05, 4.69) is 4.98 Å². The Morgan fingerprint density at radius 1 is 1.17 bits per heavy atom. The smallest absolute Gasteiger partial charge is 0.335 e. The molecule has 2 aromatic carbocycles. The summed E-state index contributed by atoms with van der Waals surface area (Å²) in [6.07, 6.45) is 0.192. The number of hydrogen-bond acceptors (Lipinski definition) is 6. The normalized spacial score (nSPS) is 10.8. The number of carbonyl (C=O) groups is 2. The van der Waals surface area contributed by atoms with E-state index in [1.165, 1.54) is 30.0 Å². The van der Waals surface area contributed by atoms with Crippen LogP contribution in [0.25, 0.3) is 10.2 Å². The Balaban J connectivity index is 1.65. The number of nitrogens with zero attached hydrogens (tertiary/aromatic N) is 1. The predicted molar refractivity (Wildman–Crippen MR) is 94.4 cm³/mol. The van der Waals surface area contributed by atoms with E-state index < -0.39 is 5.97 Å². The Labute approximate surface area is 146 Å². The van der Waals surface area contributed by atoms with Crippen LogP contribution in [0.2, 0.25) is 0 Å². The Kier molecular flexibility index (Phi) is 4.82. The quantitative estimate of drug-likeness (QED) is 0.510. The minimum Gasteiger partial charge on any atom is -0.507 e. The second kappa shape index (κ2) is 7.02. The molecule has 5 nitrogen and oxygen atoms in total. The van der Waals surface area contributed by atoms with Crippen LogP contribution in [0.15, 0.2) is 46.8 Å². The lowest BCUT2D eigenvalue weighted by molar-refractivity contribution is 0.0697. The Bertz CT molecular complexity index is 887. The highest BCUT2D eigenvalue weighted by Gasteiger charge is 2.15. The highest BCUT2D eigenvalue weighted by atomic mass is 32.2. The van der Waals surface area contributed by atoms with Gasteiger partial charge in [0, 0.05) is 12.2 Å². The number of aromatic carboxylic acids is 1. The van der Waals surface area contributed by atoms with Crippen molar-refractivity contribution in [3.63, 3.8) is 0 Å². The molecular weight excluding hydrogens is 346 g/mol. The van der Waals surface area contributed by atoms with Gasteiger partial charge in [0.2, 0.25) is 0 Å². The fraction of sp³-hybridized carbons (Fsp3) is 0.118. The zero-order chi connectivity index (χ0) is 17.1. The summed E-state index contributed by atoms with van der Waals surface area (Å²) in [5.74, 6) is -1.11. The van der Waals surface area contributed by atoms with E-state index in [4.69, 9.17) is 5.11 Å². The maximum Gasteiger partial charge on any atom is 0.335 e. The molecule has 1 aromatic heterocycles. The Morgan fingerprint density at radius 2 is 1.96 bits per heavy atom. The number of carboxylic acid groups (broad SMARTS) is 1. The topological polar surface area (TPSA) is 87.5 Å². The van der Waals surface area contributed by atoms with Crippen molar-refractivity contribution < 1.29 is 19.8 Å². The molecule has 0 atom stereocenters. The maximum absolute atomic E-state index is 12.2. The van der Waals surface area contributed by atoms with Gasteiger partial charge in [-0.1, -0.05) is 23.9 Å². The molecule has 0 unspecified atom stereocenters. The highest BCUT2D eigenvalue weighted by molar-refractivity contribution is 8.01. The largest absolute Gasteiger partial charge is 0.507 e. The number of para-hydroxylation sites is 1. The van der Waals surface area contributed by atoms with Gasteiger partial charge >= 0.3 is 5.97 Å². The number of hydrogen-bond donors (Lipinski definition) is 2. The number of carbonyl (C=O) groups excluding carboxylic acids is 1. The van der Waals surface area contributed by atoms with Crippen molar-refractivity contribution >= 4 is 45.1 Å². The molecule has 0 saturated heterocycles. The Hall–Kier alpha value is -2.38.